The molecule has 2 aromatic rings. The second-order valence-electron chi connectivity index (χ2n) is 6.78. The first-order valence-corrected chi connectivity index (χ1v) is 8.96. The van der Waals surface area contributed by atoms with E-state index in [0.29, 0.717) is 36.0 Å². The van der Waals surface area contributed by atoms with E-state index >= 15 is 0 Å². The molecule has 1 fully saturated rings. The highest BCUT2D eigenvalue weighted by Crippen LogP contribution is 2.33. The van der Waals surface area contributed by atoms with Crippen molar-refractivity contribution in [2.75, 3.05) is 25.1 Å². The number of carbonyl (C=O) groups is 1. The minimum Gasteiger partial charge on any atom is -0.486 e. The van der Waals surface area contributed by atoms with Gasteiger partial charge in [-0.2, -0.15) is 0 Å². The lowest BCUT2D eigenvalue weighted by Gasteiger charge is -2.22. The molecule has 1 N–H and O–H groups in total. The number of fused-ring (bicyclic) bond motifs is 1. The molecule has 1 amide bonds. The van der Waals surface area contributed by atoms with Crippen molar-refractivity contribution >= 4 is 11.6 Å². The van der Waals surface area contributed by atoms with Gasteiger partial charge in [-0.3, -0.25) is 9.69 Å². The fraction of sp³-hybridized carbons (Fsp3) is 0.350. The van der Waals surface area contributed by atoms with Crippen molar-refractivity contribution in [2.24, 2.45) is 0 Å². The number of carbonyl (C=O) groups excluding carboxylic acids is 1. The van der Waals surface area contributed by atoms with E-state index in [1.165, 1.54) is 12.1 Å². The zero-order valence-corrected chi connectivity index (χ0v) is 14.7. The van der Waals surface area contributed by atoms with E-state index in [2.05, 4.69) is 5.32 Å². The Balaban J connectivity index is 1.40. The molecule has 1 aliphatic carbocycles. The lowest BCUT2D eigenvalue weighted by Crippen LogP contribution is -2.34. The molecule has 1 heterocycles. The van der Waals surface area contributed by atoms with Crippen LogP contribution in [0.1, 0.15) is 18.4 Å². The number of hydrogen-bond acceptors (Lipinski definition) is 4. The fourth-order valence-electron chi connectivity index (χ4n) is 3.13. The van der Waals surface area contributed by atoms with Crippen molar-refractivity contribution in [1.29, 1.82) is 0 Å². The summed E-state index contributed by atoms with van der Waals surface area (Å²) in [6.45, 7) is 1.39. The normalized spacial score (nSPS) is 15.7. The van der Waals surface area contributed by atoms with Gasteiger partial charge in [-0.25, -0.2) is 8.78 Å². The third-order valence-corrected chi connectivity index (χ3v) is 4.62. The van der Waals surface area contributed by atoms with Gasteiger partial charge in [-0.15, -0.1) is 0 Å². The van der Waals surface area contributed by atoms with Gasteiger partial charge in [0.2, 0.25) is 5.91 Å². The van der Waals surface area contributed by atoms with Crippen LogP contribution in [0.5, 0.6) is 11.5 Å². The summed E-state index contributed by atoms with van der Waals surface area (Å²) < 4.78 is 38.0. The monoisotopic (exact) mass is 374 g/mol. The largest absolute Gasteiger partial charge is 0.486 e. The van der Waals surface area contributed by atoms with Crippen LogP contribution in [0.4, 0.5) is 14.5 Å². The molecule has 0 unspecified atom stereocenters. The van der Waals surface area contributed by atoms with Crippen LogP contribution in [0, 0.1) is 11.6 Å². The molecule has 0 aromatic heterocycles. The van der Waals surface area contributed by atoms with Crippen LogP contribution in [0.15, 0.2) is 36.4 Å². The molecule has 7 heteroatoms. The Morgan fingerprint density at radius 1 is 1.07 bits per heavy atom. The maximum atomic E-state index is 13.9. The molecular formula is C20H20F2N2O3. The Morgan fingerprint density at radius 2 is 1.85 bits per heavy atom. The third-order valence-electron chi connectivity index (χ3n) is 4.62. The van der Waals surface area contributed by atoms with Gasteiger partial charge in [0.15, 0.2) is 11.5 Å². The van der Waals surface area contributed by atoms with Gasteiger partial charge in [-0.05, 0) is 31.0 Å². The minimum absolute atomic E-state index is 0.135. The summed E-state index contributed by atoms with van der Waals surface area (Å²) in [5, 5.41) is 2.84. The van der Waals surface area contributed by atoms with Crippen LogP contribution in [-0.4, -0.2) is 36.6 Å². The van der Waals surface area contributed by atoms with Crippen molar-refractivity contribution in [1.82, 2.24) is 4.90 Å². The summed E-state index contributed by atoms with van der Waals surface area (Å²) >= 11 is 0. The predicted octanol–water partition coefficient (Wildman–Crippen LogP) is 3.34. The number of benzene rings is 2. The van der Waals surface area contributed by atoms with E-state index in [1.807, 2.05) is 4.90 Å². The Morgan fingerprint density at radius 3 is 2.59 bits per heavy atom. The van der Waals surface area contributed by atoms with Crippen molar-refractivity contribution in [2.45, 2.75) is 25.4 Å². The van der Waals surface area contributed by atoms with E-state index in [9.17, 15) is 13.6 Å². The Kier molecular flexibility index (Phi) is 4.94. The highest BCUT2D eigenvalue weighted by atomic mass is 19.1. The standard InChI is InChI=1S/C20H20F2N2O3/c21-14-2-1-13(17(22)9-14)11-24(16-4-5-16)12-20(25)23-15-3-6-18-19(10-15)27-8-7-26-18/h1-3,6,9-10,16H,4-5,7-8,11-12H2,(H,23,25). The minimum atomic E-state index is -0.606. The number of ether oxygens (including phenoxy) is 2. The highest BCUT2D eigenvalue weighted by molar-refractivity contribution is 5.92. The van der Waals surface area contributed by atoms with E-state index in [0.717, 1.165) is 18.9 Å². The van der Waals surface area contributed by atoms with Gasteiger partial charge < -0.3 is 14.8 Å². The molecule has 0 atom stereocenters. The fourth-order valence-corrected chi connectivity index (χ4v) is 3.13. The summed E-state index contributed by atoms with van der Waals surface area (Å²) in [6.07, 6.45) is 1.94. The summed E-state index contributed by atoms with van der Waals surface area (Å²) in [4.78, 5) is 14.4. The Bertz CT molecular complexity index is 855. The molecule has 2 aliphatic rings. The van der Waals surface area contributed by atoms with Crippen molar-refractivity contribution in [3.05, 3.63) is 53.6 Å². The van der Waals surface area contributed by atoms with Gasteiger partial charge in [0.1, 0.15) is 24.8 Å². The summed E-state index contributed by atoms with van der Waals surface area (Å²) in [5.41, 5.74) is 1.00. The molecule has 2 aromatic carbocycles. The second kappa shape index (κ2) is 7.52. The molecule has 4 rings (SSSR count). The lowest BCUT2D eigenvalue weighted by atomic mass is 10.2. The van der Waals surface area contributed by atoms with E-state index < -0.39 is 11.6 Å². The topological polar surface area (TPSA) is 50.8 Å². The SMILES string of the molecule is O=C(CN(Cc1ccc(F)cc1F)C1CC1)Nc1ccc2c(c1)OCCO2. The molecule has 0 spiro atoms. The van der Waals surface area contributed by atoms with Gasteiger partial charge in [0, 0.05) is 36.0 Å². The van der Waals surface area contributed by atoms with Crippen LogP contribution in [0.2, 0.25) is 0 Å². The molecule has 0 bridgehead atoms. The van der Waals surface area contributed by atoms with Gasteiger partial charge in [0.05, 0.1) is 6.54 Å². The molecule has 1 aliphatic heterocycles. The molecule has 27 heavy (non-hydrogen) atoms. The molecule has 0 radical (unpaired) electrons. The van der Waals surface area contributed by atoms with Crippen LogP contribution >= 0.6 is 0 Å². The number of amides is 1. The number of nitrogens with one attached hydrogen (secondary N) is 1. The van der Waals surface area contributed by atoms with Crippen molar-refractivity contribution in [3.8, 4) is 11.5 Å². The van der Waals surface area contributed by atoms with Crippen LogP contribution < -0.4 is 14.8 Å². The maximum absolute atomic E-state index is 13.9. The first kappa shape index (κ1) is 17.7. The summed E-state index contributed by atoms with van der Waals surface area (Å²) in [6, 6.07) is 9.03. The molecule has 5 nitrogen and oxygen atoms in total. The van der Waals surface area contributed by atoms with Gasteiger partial charge in [-0.1, -0.05) is 6.07 Å². The lowest BCUT2D eigenvalue weighted by molar-refractivity contribution is -0.117. The van der Waals surface area contributed by atoms with Gasteiger partial charge in [0.25, 0.3) is 0 Å². The zero-order chi connectivity index (χ0) is 18.8. The zero-order valence-electron chi connectivity index (χ0n) is 14.7. The third kappa shape index (κ3) is 4.36. The number of hydrogen-bond donors (Lipinski definition) is 1. The predicted molar refractivity (Wildman–Crippen MR) is 95.9 cm³/mol. The van der Waals surface area contributed by atoms with Crippen LogP contribution in [0.25, 0.3) is 0 Å². The maximum Gasteiger partial charge on any atom is 0.238 e. The first-order chi connectivity index (χ1) is 13.1. The second-order valence-corrected chi connectivity index (χ2v) is 6.78. The van der Waals surface area contributed by atoms with Crippen LogP contribution in [-0.2, 0) is 11.3 Å². The highest BCUT2D eigenvalue weighted by Gasteiger charge is 2.31. The number of anilines is 1. The molecular weight excluding hydrogens is 354 g/mol. The quantitative estimate of drug-likeness (QED) is 0.843. The first-order valence-electron chi connectivity index (χ1n) is 8.96. The van der Waals surface area contributed by atoms with Crippen molar-refractivity contribution in [3.63, 3.8) is 0 Å². The number of halogens is 2. The summed E-state index contributed by atoms with van der Waals surface area (Å²) in [7, 11) is 0. The molecule has 0 saturated heterocycles. The average Bonchev–Trinajstić information content (AvgIpc) is 3.48. The number of nitrogens with zero attached hydrogens (tertiary/aromatic N) is 1. The van der Waals surface area contributed by atoms with Gasteiger partial charge >= 0.3 is 0 Å². The van der Waals surface area contributed by atoms with E-state index in [1.54, 1.807) is 18.2 Å². The smallest absolute Gasteiger partial charge is 0.238 e. The average molecular weight is 374 g/mol. The van der Waals surface area contributed by atoms with Crippen molar-refractivity contribution < 1.29 is 23.0 Å². The van der Waals surface area contributed by atoms with E-state index in [-0.39, 0.29) is 25.0 Å². The molecule has 142 valence electrons. The van der Waals surface area contributed by atoms with Crippen LogP contribution in [0.3, 0.4) is 0 Å². The molecule has 1 saturated carbocycles. The van der Waals surface area contributed by atoms with E-state index in [4.69, 9.17) is 9.47 Å². The number of rotatable bonds is 6. The Hall–Kier alpha value is -2.67. The Labute approximate surface area is 155 Å². The summed E-state index contributed by atoms with van der Waals surface area (Å²) in [5.74, 6) is -0.128.